The van der Waals surface area contributed by atoms with Crippen molar-refractivity contribution in [1.29, 1.82) is 0 Å². The van der Waals surface area contributed by atoms with Gasteiger partial charge in [-0.15, -0.1) is 0 Å². The molecule has 0 aliphatic carbocycles. The van der Waals surface area contributed by atoms with Gasteiger partial charge in [-0.1, -0.05) is 170 Å². The lowest BCUT2D eigenvalue weighted by atomic mass is 9.28. The summed E-state index contributed by atoms with van der Waals surface area (Å²) in [6.07, 6.45) is 0. The highest BCUT2D eigenvalue weighted by molar-refractivity contribution is 7.06. The van der Waals surface area contributed by atoms with Crippen molar-refractivity contribution >= 4 is 155 Å². The molecule has 0 bridgehead atoms. The molecule has 9 heteroatoms. The molecule has 372 valence electrons. The number of hydrogen-bond donors (Lipinski definition) is 0. The van der Waals surface area contributed by atoms with Crippen LogP contribution in [-0.4, -0.2) is 20.1 Å². The average molecular weight is 1040 g/mol. The molecule has 0 saturated carbocycles. The van der Waals surface area contributed by atoms with Gasteiger partial charge in [-0.2, -0.15) is 0 Å². The van der Waals surface area contributed by atoms with Crippen LogP contribution in [0.4, 0.5) is 85.3 Å². The molecule has 12 aromatic carbocycles. The maximum Gasteiger partial charge on any atom is 0.252 e. The standard InChI is InChI=1S/C72H44B3N5O/c1-6-22-45(23-7-1)46-40-61-67-62(41-46)78(49-28-12-4-13-29-49)59-43-60-56(42-55(59)74(67)52-33-17-19-37-58(52)76(61)47-24-8-2-9-25-47)75-54-35-21-39-66-71(54)80-70-53(34-20-38-65(70)81-66)73-51-32-16-18-36-57(51)77(48-26-10-3-11-27-48)63-44-64(69(75)72(80)68(63)73)79(60)50-30-14-5-15-31-50/h1-44H/i8D,9D,10D,11D,12D,13D,14D,15D. The maximum absolute atomic E-state index is 9.36. The molecule has 0 radical (unpaired) electrons. The molecule has 7 aliphatic rings. The molecule has 0 amide bonds. The normalized spacial score (nSPS) is 15.7. The first-order chi connectivity index (χ1) is 43.4. The third-order valence-corrected chi connectivity index (χ3v) is 17.8. The first-order valence-corrected chi connectivity index (χ1v) is 27.5. The van der Waals surface area contributed by atoms with E-state index in [1.165, 1.54) is 0 Å². The molecule has 12 aromatic rings. The monoisotopic (exact) mass is 1040 g/mol. The van der Waals surface area contributed by atoms with Gasteiger partial charge in [-0.3, -0.25) is 0 Å². The fourth-order valence-electron chi connectivity index (χ4n) is 14.9. The van der Waals surface area contributed by atoms with Crippen molar-refractivity contribution in [3.8, 4) is 22.6 Å². The molecular formula is C72H44B3N5O. The van der Waals surface area contributed by atoms with Crippen molar-refractivity contribution < 1.29 is 15.7 Å². The second kappa shape index (κ2) is 16.1. The predicted molar refractivity (Wildman–Crippen MR) is 339 cm³/mol. The summed E-state index contributed by atoms with van der Waals surface area (Å²) in [4.78, 5) is 11.3. The number of hydrogen-bond acceptors (Lipinski definition) is 6. The van der Waals surface area contributed by atoms with E-state index >= 15 is 0 Å². The van der Waals surface area contributed by atoms with Gasteiger partial charge in [0.15, 0.2) is 11.5 Å². The van der Waals surface area contributed by atoms with Gasteiger partial charge in [-0.25, -0.2) is 0 Å². The highest BCUT2D eigenvalue weighted by Gasteiger charge is 2.55. The quantitative estimate of drug-likeness (QED) is 0.159. The van der Waals surface area contributed by atoms with Crippen LogP contribution >= 0.6 is 0 Å². The Bertz CT molecular complexity index is 5150. The van der Waals surface area contributed by atoms with Gasteiger partial charge in [0, 0.05) is 73.9 Å². The van der Waals surface area contributed by atoms with Crippen LogP contribution in [0.1, 0.15) is 11.0 Å². The van der Waals surface area contributed by atoms with Crippen molar-refractivity contribution in [3.05, 3.63) is 267 Å². The second-order valence-corrected chi connectivity index (χ2v) is 21.7. The van der Waals surface area contributed by atoms with Crippen molar-refractivity contribution in [2.75, 3.05) is 24.5 Å². The van der Waals surface area contributed by atoms with Crippen molar-refractivity contribution in [2.45, 2.75) is 0 Å². The van der Waals surface area contributed by atoms with Crippen molar-refractivity contribution in [3.63, 3.8) is 0 Å². The zero-order chi connectivity index (χ0) is 59.6. The van der Waals surface area contributed by atoms with E-state index in [4.69, 9.17) is 10.2 Å². The molecule has 0 spiro atoms. The number of nitrogens with zero attached hydrogens (tertiary/aromatic N) is 5. The Morgan fingerprint density at radius 2 is 0.642 bits per heavy atom. The lowest BCUT2D eigenvalue weighted by molar-refractivity contribution is 0.478. The SMILES string of the molecule is [2H]c1cc([2H])cc(N2c3ccccc3B3c4cc5c(cc4N(c4cc([2H])cc([2H])c4)c4cc(-c6ccccc6)cc2c43)N(c2cc([2H])cc([2H])c2)c2cc3c4c6c2B5c2cccc5c2N6c2c(cccc2B4c2ccccc2N3c2cc([2H])cc([2H])c2)O5)c1. The number of rotatable bonds is 5. The number of ether oxygens (including phenoxy) is 1. The molecule has 0 aromatic heterocycles. The maximum atomic E-state index is 9.36. The summed E-state index contributed by atoms with van der Waals surface area (Å²) < 4.78 is 80.5. The highest BCUT2D eigenvalue weighted by atomic mass is 16.5. The summed E-state index contributed by atoms with van der Waals surface area (Å²) in [6.45, 7) is -1.11. The summed E-state index contributed by atoms with van der Waals surface area (Å²) >= 11 is 0. The molecule has 7 aliphatic heterocycles. The fraction of sp³-hybridized carbons (Fsp3) is 0. The van der Waals surface area contributed by atoms with Gasteiger partial charge in [-0.05, 0) is 157 Å². The summed E-state index contributed by atoms with van der Waals surface area (Å²) in [6, 6.07) is 73.8. The minimum absolute atomic E-state index is 0.179. The zero-order valence-corrected chi connectivity index (χ0v) is 43.2. The Hall–Kier alpha value is -10.4. The van der Waals surface area contributed by atoms with Gasteiger partial charge < -0.3 is 29.2 Å². The van der Waals surface area contributed by atoms with E-state index in [-0.39, 0.29) is 55.1 Å². The minimum atomic E-state index is -0.433. The van der Waals surface area contributed by atoms with Gasteiger partial charge >= 0.3 is 0 Å². The van der Waals surface area contributed by atoms with E-state index < -0.39 is 13.4 Å². The topological polar surface area (TPSA) is 25.4 Å². The van der Waals surface area contributed by atoms with Gasteiger partial charge in [0.2, 0.25) is 0 Å². The summed E-state index contributed by atoms with van der Waals surface area (Å²) in [7, 11) is 0. The fourth-order valence-corrected chi connectivity index (χ4v) is 14.9. The minimum Gasteiger partial charge on any atom is -0.453 e. The Morgan fingerprint density at radius 1 is 0.259 bits per heavy atom. The van der Waals surface area contributed by atoms with Crippen LogP contribution in [0.3, 0.4) is 0 Å². The average Bonchev–Trinajstić information content (AvgIpc) is 0.667. The van der Waals surface area contributed by atoms with E-state index in [1.54, 1.807) is 24.3 Å². The Balaban J connectivity index is 0.973. The van der Waals surface area contributed by atoms with Crippen LogP contribution < -0.4 is 78.4 Å². The number of benzene rings is 12. The summed E-state index contributed by atoms with van der Waals surface area (Å²) in [5.74, 6) is 1.47. The molecule has 0 saturated heterocycles. The second-order valence-electron chi connectivity index (χ2n) is 21.7. The Morgan fingerprint density at radius 3 is 1.12 bits per heavy atom. The summed E-state index contributed by atoms with van der Waals surface area (Å²) in [5.41, 5.74) is 23.6. The predicted octanol–water partition coefficient (Wildman–Crippen LogP) is 12.2. The van der Waals surface area contributed by atoms with E-state index in [0.29, 0.717) is 22.7 Å². The third-order valence-electron chi connectivity index (χ3n) is 17.8. The van der Waals surface area contributed by atoms with Gasteiger partial charge in [0.05, 0.1) is 22.3 Å². The van der Waals surface area contributed by atoms with E-state index in [2.05, 4.69) is 140 Å². The molecule has 6 nitrogen and oxygen atoms in total. The van der Waals surface area contributed by atoms with Crippen LogP contribution in [0, 0.1) is 0 Å². The highest BCUT2D eigenvalue weighted by Crippen LogP contribution is 2.57. The van der Waals surface area contributed by atoms with Crippen LogP contribution in [0.5, 0.6) is 11.5 Å². The number of para-hydroxylation sites is 8. The first-order valence-electron chi connectivity index (χ1n) is 31.5. The zero-order valence-electron chi connectivity index (χ0n) is 51.2. The molecule has 0 fully saturated rings. The summed E-state index contributed by atoms with van der Waals surface area (Å²) in [5, 5.41) is 0. The number of fused-ring (bicyclic) bond motifs is 10. The lowest BCUT2D eigenvalue weighted by Gasteiger charge is -2.52. The van der Waals surface area contributed by atoms with Crippen LogP contribution in [0.15, 0.2) is 267 Å². The van der Waals surface area contributed by atoms with Crippen LogP contribution in [0.2, 0.25) is 0 Å². The molecule has 7 heterocycles. The molecule has 0 unspecified atom stereocenters. The molecule has 0 atom stereocenters. The van der Waals surface area contributed by atoms with E-state index in [9.17, 15) is 5.48 Å². The third kappa shape index (κ3) is 5.74. The van der Waals surface area contributed by atoms with Crippen LogP contribution in [0.25, 0.3) is 11.1 Å². The Kier molecular flexibility index (Phi) is 7.30. The molecular weight excluding hydrogens is 983 g/mol. The largest absolute Gasteiger partial charge is 0.453 e. The Labute approximate surface area is 482 Å². The van der Waals surface area contributed by atoms with Crippen molar-refractivity contribution in [1.82, 2.24) is 0 Å². The number of anilines is 15. The van der Waals surface area contributed by atoms with E-state index in [0.717, 1.165) is 134 Å². The molecule has 19 rings (SSSR count). The smallest absolute Gasteiger partial charge is 0.252 e. The first kappa shape index (κ1) is 36.7. The molecule has 81 heavy (non-hydrogen) atoms. The molecule has 0 N–H and O–H groups in total. The lowest BCUT2D eigenvalue weighted by Crippen LogP contribution is -2.69. The van der Waals surface area contributed by atoms with Crippen LogP contribution in [-0.2, 0) is 0 Å². The van der Waals surface area contributed by atoms with E-state index in [1.807, 2.05) is 78.9 Å². The van der Waals surface area contributed by atoms with Gasteiger partial charge in [0.1, 0.15) is 0 Å². The van der Waals surface area contributed by atoms with Gasteiger partial charge in [0.25, 0.3) is 20.1 Å². The van der Waals surface area contributed by atoms with Crippen molar-refractivity contribution in [2.24, 2.45) is 0 Å².